The molecule has 140 valence electrons. The lowest BCUT2D eigenvalue weighted by Gasteiger charge is -2.31. The van der Waals surface area contributed by atoms with Gasteiger partial charge in [0, 0.05) is 0 Å². The highest BCUT2D eigenvalue weighted by molar-refractivity contribution is 6.21. The van der Waals surface area contributed by atoms with E-state index < -0.39 is 6.04 Å². The third kappa shape index (κ3) is 3.51. The number of benzene rings is 1. The van der Waals surface area contributed by atoms with Crippen LogP contribution in [0, 0.1) is 19.8 Å². The van der Waals surface area contributed by atoms with Crippen molar-refractivity contribution >= 4 is 23.5 Å². The van der Waals surface area contributed by atoms with E-state index in [9.17, 15) is 14.4 Å². The lowest BCUT2D eigenvalue weighted by Crippen LogP contribution is -3.18. The third-order valence-electron chi connectivity index (χ3n) is 5.57. The molecule has 1 aromatic rings. The molecule has 2 fully saturated rings. The van der Waals surface area contributed by atoms with E-state index in [1.165, 1.54) is 4.90 Å². The average Bonchev–Trinajstić information content (AvgIpc) is 2.92. The Balaban J connectivity index is 1.75. The molecule has 26 heavy (non-hydrogen) atoms. The highest BCUT2D eigenvalue weighted by Gasteiger charge is 2.47. The van der Waals surface area contributed by atoms with Gasteiger partial charge in [0.15, 0.2) is 6.04 Å². The van der Waals surface area contributed by atoms with Crippen molar-refractivity contribution in [3.63, 3.8) is 0 Å². The number of quaternary nitrogens is 1. The van der Waals surface area contributed by atoms with Crippen LogP contribution in [0.3, 0.4) is 0 Å². The van der Waals surface area contributed by atoms with Gasteiger partial charge in [-0.25, -0.2) is 4.90 Å². The van der Waals surface area contributed by atoms with Gasteiger partial charge in [-0.3, -0.25) is 14.4 Å². The van der Waals surface area contributed by atoms with Crippen LogP contribution in [0.2, 0.25) is 0 Å². The SMILES string of the molecule is CCOC(=O)[C@H]1CCC[NH+]([C@@H]2CC(=O)N(c3ccc(C)c(C)c3)C2=O)C1. The Morgan fingerprint density at radius 3 is 2.73 bits per heavy atom. The Kier molecular flexibility index (Phi) is 5.41. The number of piperidine rings is 1. The first-order chi connectivity index (χ1) is 12.4. The molecule has 0 aromatic heterocycles. The Morgan fingerprint density at radius 2 is 2.04 bits per heavy atom. The molecule has 2 amide bonds. The fourth-order valence-corrected chi connectivity index (χ4v) is 3.96. The van der Waals surface area contributed by atoms with Gasteiger partial charge in [0.25, 0.3) is 5.91 Å². The lowest BCUT2D eigenvalue weighted by molar-refractivity contribution is -0.922. The second kappa shape index (κ2) is 7.58. The van der Waals surface area contributed by atoms with Gasteiger partial charge in [-0.1, -0.05) is 6.07 Å². The number of nitrogens with one attached hydrogen (secondary N) is 1. The topological polar surface area (TPSA) is 68.1 Å². The maximum atomic E-state index is 13.0. The Labute approximate surface area is 154 Å². The van der Waals surface area contributed by atoms with Crippen molar-refractivity contribution in [2.75, 3.05) is 24.6 Å². The van der Waals surface area contributed by atoms with Crippen LogP contribution in [-0.4, -0.2) is 43.5 Å². The number of nitrogens with zero attached hydrogens (tertiary/aromatic N) is 1. The molecule has 0 aliphatic carbocycles. The van der Waals surface area contributed by atoms with Gasteiger partial charge in [-0.05, 0) is 56.9 Å². The van der Waals surface area contributed by atoms with Gasteiger partial charge in [-0.15, -0.1) is 0 Å². The molecule has 1 aromatic carbocycles. The van der Waals surface area contributed by atoms with Gasteiger partial charge < -0.3 is 9.64 Å². The molecule has 0 saturated carbocycles. The van der Waals surface area contributed by atoms with E-state index in [4.69, 9.17) is 4.74 Å². The van der Waals surface area contributed by atoms with Crippen LogP contribution in [0.15, 0.2) is 18.2 Å². The average molecular weight is 359 g/mol. The van der Waals surface area contributed by atoms with E-state index in [1.807, 2.05) is 32.0 Å². The highest BCUT2D eigenvalue weighted by atomic mass is 16.5. The number of rotatable bonds is 4. The number of hydrogen-bond acceptors (Lipinski definition) is 4. The molecule has 3 atom stereocenters. The van der Waals surface area contributed by atoms with E-state index in [0.29, 0.717) is 18.8 Å². The van der Waals surface area contributed by atoms with Crippen molar-refractivity contribution in [2.24, 2.45) is 5.92 Å². The first kappa shape index (κ1) is 18.6. The molecule has 2 saturated heterocycles. The van der Waals surface area contributed by atoms with Gasteiger partial charge in [0.2, 0.25) is 5.91 Å². The molecule has 0 spiro atoms. The van der Waals surface area contributed by atoms with Crippen LogP contribution in [0.4, 0.5) is 5.69 Å². The fraction of sp³-hybridized carbons (Fsp3) is 0.550. The van der Waals surface area contributed by atoms with E-state index in [0.717, 1.165) is 35.4 Å². The molecule has 3 rings (SSSR count). The maximum Gasteiger partial charge on any atom is 0.314 e. The zero-order valence-electron chi connectivity index (χ0n) is 15.7. The van der Waals surface area contributed by atoms with Crippen molar-refractivity contribution in [1.29, 1.82) is 0 Å². The molecule has 1 unspecified atom stereocenters. The third-order valence-corrected chi connectivity index (χ3v) is 5.57. The molecule has 1 N–H and O–H groups in total. The molecule has 0 radical (unpaired) electrons. The summed E-state index contributed by atoms with van der Waals surface area (Å²) < 4.78 is 5.14. The number of aryl methyl sites for hydroxylation is 2. The summed E-state index contributed by atoms with van der Waals surface area (Å²) in [5, 5.41) is 0. The van der Waals surface area contributed by atoms with E-state index in [2.05, 4.69) is 0 Å². The number of hydrogen-bond donors (Lipinski definition) is 1. The second-order valence-corrected chi connectivity index (χ2v) is 7.30. The van der Waals surface area contributed by atoms with Crippen molar-refractivity contribution in [3.8, 4) is 0 Å². The normalized spacial score (nSPS) is 26.3. The predicted octanol–water partition coefficient (Wildman–Crippen LogP) is 0.793. The number of anilines is 1. The quantitative estimate of drug-likeness (QED) is 0.638. The highest BCUT2D eigenvalue weighted by Crippen LogP contribution is 2.25. The smallest absolute Gasteiger partial charge is 0.314 e. The summed E-state index contributed by atoms with van der Waals surface area (Å²) in [6.07, 6.45) is 1.86. The first-order valence-electron chi connectivity index (χ1n) is 9.37. The number of ether oxygens (including phenoxy) is 1. The number of esters is 1. The molecule has 6 nitrogen and oxygen atoms in total. The largest absolute Gasteiger partial charge is 0.466 e. The van der Waals surface area contributed by atoms with Gasteiger partial charge >= 0.3 is 5.97 Å². The van der Waals surface area contributed by atoms with Crippen molar-refractivity contribution < 1.29 is 24.0 Å². The monoisotopic (exact) mass is 359 g/mol. The molecule has 2 heterocycles. The summed E-state index contributed by atoms with van der Waals surface area (Å²) in [5.74, 6) is -0.684. The van der Waals surface area contributed by atoms with Gasteiger partial charge in [0.1, 0.15) is 5.92 Å². The minimum absolute atomic E-state index is 0.155. The number of carbonyl (C=O) groups is 3. The van der Waals surface area contributed by atoms with Gasteiger partial charge in [-0.2, -0.15) is 0 Å². The lowest BCUT2D eigenvalue weighted by atomic mass is 9.96. The molecule has 0 bridgehead atoms. The predicted molar refractivity (Wildman–Crippen MR) is 96.9 cm³/mol. The first-order valence-corrected chi connectivity index (χ1v) is 9.37. The van der Waals surface area contributed by atoms with Crippen LogP contribution in [-0.2, 0) is 19.1 Å². The summed E-state index contributed by atoms with van der Waals surface area (Å²) >= 11 is 0. The Bertz CT molecular complexity index is 731. The molecule has 2 aliphatic heterocycles. The second-order valence-electron chi connectivity index (χ2n) is 7.30. The van der Waals surface area contributed by atoms with E-state index >= 15 is 0 Å². The molecular weight excluding hydrogens is 332 g/mol. The van der Waals surface area contributed by atoms with Gasteiger partial charge in [0.05, 0.1) is 31.8 Å². The Hall–Kier alpha value is -2.21. The van der Waals surface area contributed by atoms with Crippen molar-refractivity contribution in [2.45, 2.75) is 46.1 Å². The van der Waals surface area contributed by atoms with Crippen molar-refractivity contribution in [1.82, 2.24) is 0 Å². The molecule has 2 aliphatic rings. The summed E-state index contributed by atoms with van der Waals surface area (Å²) in [6, 6.07) is 5.25. The minimum Gasteiger partial charge on any atom is -0.466 e. The van der Waals surface area contributed by atoms with Crippen LogP contribution in [0.5, 0.6) is 0 Å². The zero-order valence-corrected chi connectivity index (χ0v) is 15.7. The van der Waals surface area contributed by atoms with E-state index in [-0.39, 0.29) is 30.1 Å². The summed E-state index contributed by atoms with van der Waals surface area (Å²) in [4.78, 5) is 39.9. The fourth-order valence-electron chi connectivity index (χ4n) is 3.96. The van der Waals surface area contributed by atoms with Crippen LogP contribution in [0.25, 0.3) is 0 Å². The summed E-state index contributed by atoms with van der Waals surface area (Å²) in [5.41, 5.74) is 2.83. The number of likely N-dealkylation sites (tertiary alicyclic amines) is 1. The molecule has 6 heteroatoms. The molecular formula is C20H27N2O4+. The van der Waals surface area contributed by atoms with Crippen LogP contribution in [0.1, 0.15) is 37.3 Å². The van der Waals surface area contributed by atoms with E-state index in [1.54, 1.807) is 6.92 Å². The number of carbonyl (C=O) groups excluding carboxylic acids is 3. The zero-order chi connectivity index (χ0) is 18.8. The summed E-state index contributed by atoms with van der Waals surface area (Å²) in [7, 11) is 0. The number of amides is 2. The van der Waals surface area contributed by atoms with Crippen LogP contribution >= 0.6 is 0 Å². The standard InChI is InChI=1S/C20H26N2O4/c1-4-26-20(25)15-6-5-9-21(12-15)17-11-18(23)22(19(17)24)16-8-7-13(2)14(3)10-16/h7-8,10,15,17H,4-6,9,11-12H2,1-3H3/p+1/t15-,17+/m0/s1. The Morgan fingerprint density at radius 1 is 1.27 bits per heavy atom. The summed E-state index contributed by atoms with van der Waals surface area (Å²) in [6.45, 7) is 7.51. The van der Waals surface area contributed by atoms with Crippen LogP contribution < -0.4 is 9.80 Å². The minimum atomic E-state index is -0.402. The maximum absolute atomic E-state index is 13.0. The number of imide groups is 1. The van der Waals surface area contributed by atoms with Crippen molar-refractivity contribution in [3.05, 3.63) is 29.3 Å².